The first-order chi connectivity index (χ1) is 13.9. The minimum absolute atomic E-state index is 0.162. The van der Waals surface area contributed by atoms with Crippen LogP contribution in [-0.2, 0) is 6.54 Å². The van der Waals surface area contributed by atoms with Gasteiger partial charge < -0.3 is 14.9 Å². The standard InChI is InChI=1S/C23H30N4O2/c1-6-9-18-20(16(4)27(21(18)24-5)17-10-7-8-11-17)23(29)25-13-19-14(2)12-15(3)26-22(19)28/h6,9,12,17H,5,7-8,10-11,13H2,1-4H3,(H,25,29)(H,26,28)/b9-6-. The van der Waals surface area contributed by atoms with E-state index >= 15 is 0 Å². The van der Waals surface area contributed by atoms with Crippen LogP contribution in [0.5, 0.6) is 0 Å². The number of nitrogens with one attached hydrogen (secondary N) is 2. The van der Waals surface area contributed by atoms with Gasteiger partial charge in [-0.25, -0.2) is 4.99 Å². The zero-order valence-corrected chi connectivity index (χ0v) is 17.8. The van der Waals surface area contributed by atoms with E-state index in [1.54, 1.807) is 0 Å². The highest BCUT2D eigenvalue weighted by Crippen LogP contribution is 2.39. The molecular weight excluding hydrogens is 364 g/mol. The Morgan fingerprint density at radius 3 is 2.62 bits per heavy atom. The average Bonchev–Trinajstić information content (AvgIpc) is 3.27. The fraction of sp³-hybridized carbons (Fsp3) is 0.435. The molecule has 1 aliphatic carbocycles. The van der Waals surface area contributed by atoms with E-state index in [0.29, 0.717) is 17.2 Å². The van der Waals surface area contributed by atoms with Crippen molar-refractivity contribution in [3.63, 3.8) is 0 Å². The van der Waals surface area contributed by atoms with Crippen molar-refractivity contribution in [2.24, 2.45) is 4.99 Å². The van der Waals surface area contributed by atoms with Gasteiger partial charge in [-0.15, -0.1) is 0 Å². The van der Waals surface area contributed by atoms with E-state index in [1.807, 2.05) is 45.9 Å². The summed E-state index contributed by atoms with van der Waals surface area (Å²) in [5, 5.41) is 2.94. The number of hydrogen-bond donors (Lipinski definition) is 2. The Bertz CT molecular complexity index is 1020. The molecule has 29 heavy (non-hydrogen) atoms. The lowest BCUT2D eigenvalue weighted by Crippen LogP contribution is -2.28. The molecule has 0 atom stereocenters. The highest BCUT2D eigenvalue weighted by molar-refractivity contribution is 6.01. The summed E-state index contributed by atoms with van der Waals surface area (Å²) in [7, 11) is 0. The molecule has 0 aromatic carbocycles. The molecule has 2 aromatic heterocycles. The summed E-state index contributed by atoms with van der Waals surface area (Å²) < 4.78 is 2.17. The summed E-state index contributed by atoms with van der Waals surface area (Å²) in [4.78, 5) is 32.5. The van der Waals surface area contributed by atoms with E-state index in [-0.39, 0.29) is 18.0 Å². The molecule has 154 valence electrons. The Morgan fingerprint density at radius 2 is 2.03 bits per heavy atom. The molecule has 1 fully saturated rings. The summed E-state index contributed by atoms with van der Waals surface area (Å²) in [5.41, 5.74) is 4.40. The normalized spacial score (nSPS) is 14.6. The third-order valence-corrected chi connectivity index (χ3v) is 5.78. The van der Waals surface area contributed by atoms with Gasteiger partial charge in [0, 0.05) is 35.1 Å². The maximum atomic E-state index is 13.2. The topological polar surface area (TPSA) is 79.2 Å². The quantitative estimate of drug-likeness (QED) is 0.707. The van der Waals surface area contributed by atoms with Crippen LogP contribution < -0.4 is 10.9 Å². The number of allylic oxidation sites excluding steroid dienone is 1. The molecule has 0 spiro atoms. The second-order valence-electron chi connectivity index (χ2n) is 7.79. The van der Waals surface area contributed by atoms with Gasteiger partial charge in [-0.05, 0) is 58.9 Å². The monoisotopic (exact) mass is 394 g/mol. The molecule has 6 nitrogen and oxygen atoms in total. The van der Waals surface area contributed by atoms with Crippen LogP contribution in [0.1, 0.15) is 77.1 Å². The molecule has 0 radical (unpaired) electrons. The Labute approximate surface area is 171 Å². The molecule has 2 aromatic rings. The van der Waals surface area contributed by atoms with Crippen molar-refractivity contribution in [3.8, 4) is 0 Å². The molecule has 0 bridgehead atoms. The molecular formula is C23H30N4O2. The minimum Gasteiger partial charge on any atom is -0.348 e. The van der Waals surface area contributed by atoms with Gasteiger partial charge in [-0.1, -0.05) is 25.0 Å². The van der Waals surface area contributed by atoms with Gasteiger partial charge in [0.2, 0.25) is 0 Å². The zero-order valence-electron chi connectivity index (χ0n) is 17.8. The number of hydrogen-bond acceptors (Lipinski definition) is 3. The number of amides is 1. The van der Waals surface area contributed by atoms with Crippen LogP contribution in [0.15, 0.2) is 21.9 Å². The lowest BCUT2D eigenvalue weighted by molar-refractivity contribution is 0.0950. The van der Waals surface area contributed by atoms with Gasteiger partial charge in [0.15, 0.2) is 0 Å². The van der Waals surface area contributed by atoms with Gasteiger partial charge in [0.1, 0.15) is 5.82 Å². The van der Waals surface area contributed by atoms with Gasteiger partial charge >= 0.3 is 0 Å². The Kier molecular flexibility index (Phi) is 6.20. The van der Waals surface area contributed by atoms with Crippen molar-refractivity contribution in [2.75, 3.05) is 0 Å². The summed E-state index contributed by atoms with van der Waals surface area (Å²) in [5.74, 6) is 0.554. The molecule has 3 rings (SSSR count). The minimum atomic E-state index is -0.198. The SMILES string of the molecule is C=Nc1c(/C=C\C)c(C(=O)NCc2c(C)cc(C)[nH]c2=O)c(C)n1C1CCCC1. The van der Waals surface area contributed by atoms with Crippen LogP contribution in [0, 0.1) is 20.8 Å². The van der Waals surface area contributed by atoms with E-state index in [1.165, 1.54) is 12.8 Å². The first-order valence-electron chi connectivity index (χ1n) is 10.2. The molecule has 1 aliphatic rings. The molecule has 1 saturated carbocycles. The van der Waals surface area contributed by atoms with Crippen molar-refractivity contribution in [1.82, 2.24) is 14.9 Å². The van der Waals surface area contributed by atoms with E-state index in [2.05, 4.69) is 26.6 Å². The van der Waals surface area contributed by atoms with E-state index in [4.69, 9.17) is 0 Å². The number of aliphatic imine (C=N–C) groups is 1. The average molecular weight is 395 g/mol. The van der Waals surface area contributed by atoms with Gasteiger partial charge in [-0.2, -0.15) is 0 Å². The number of carbonyl (C=O) groups excluding carboxylic acids is 1. The largest absolute Gasteiger partial charge is 0.348 e. The van der Waals surface area contributed by atoms with E-state index in [0.717, 1.165) is 41.2 Å². The van der Waals surface area contributed by atoms with E-state index in [9.17, 15) is 9.59 Å². The van der Waals surface area contributed by atoms with Gasteiger partial charge in [0.05, 0.1) is 5.56 Å². The van der Waals surface area contributed by atoms with Crippen molar-refractivity contribution < 1.29 is 4.79 Å². The molecule has 6 heteroatoms. The summed E-state index contributed by atoms with van der Waals surface area (Å²) in [6, 6.07) is 2.26. The number of aromatic nitrogens is 2. The van der Waals surface area contributed by atoms with E-state index < -0.39 is 0 Å². The summed E-state index contributed by atoms with van der Waals surface area (Å²) in [6.07, 6.45) is 8.39. The number of pyridine rings is 1. The van der Waals surface area contributed by atoms with Crippen LogP contribution in [0.25, 0.3) is 6.08 Å². The number of carbonyl (C=O) groups is 1. The fourth-order valence-electron chi connectivity index (χ4n) is 4.46. The lowest BCUT2D eigenvalue weighted by Gasteiger charge is -2.16. The Morgan fingerprint density at radius 1 is 1.34 bits per heavy atom. The highest BCUT2D eigenvalue weighted by Gasteiger charge is 2.28. The summed E-state index contributed by atoms with van der Waals surface area (Å²) in [6.45, 7) is 11.6. The third kappa shape index (κ3) is 3.97. The summed E-state index contributed by atoms with van der Waals surface area (Å²) >= 11 is 0. The Balaban J connectivity index is 1.98. The van der Waals surface area contributed by atoms with Crippen LogP contribution in [-0.4, -0.2) is 22.2 Å². The number of aromatic amines is 1. The maximum absolute atomic E-state index is 13.2. The second kappa shape index (κ2) is 8.64. The number of H-pyrrole nitrogens is 1. The van der Waals surface area contributed by atoms with Crippen LogP contribution in [0.3, 0.4) is 0 Å². The molecule has 0 aliphatic heterocycles. The first-order valence-corrected chi connectivity index (χ1v) is 10.2. The molecule has 0 unspecified atom stereocenters. The predicted octanol–water partition coefficient (Wildman–Crippen LogP) is 4.51. The number of rotatable bonds is 6. The number of aryl methyl sites for hydroxylation is 2. The van der Waals surface area contributed by atoms with Gasteiger partial charge in [-0.3, -0.25) is 9.59 Å². The fourth-order valence-corrected chi connectivity index (χ4v) is 4.46. The maximum Gasteiger partial charge on any atom is 0.254 e. The second-order valence-corrected chi connectivity index (χ2v) is 7.79. The zero-order chi connectivity index (χ0) is 21.1. The molecule has 2 heterocycles. The molecule has 0 saturated heterocycles. The van der Waals surface area contributed by atoms with Crippen molar-refractivity contribution >= 4 is 24.5 Å². The smallest absolute Gasteiger partial charge is 0.254 e. The number of nitrogens with zero attached hydrogens (tertiary/aromatic N) is 2. The van der Waals surface area contributed by atoms with Crippen LogP contribution in [0.2, 0.25) is 0 Å². The van der Waals surface area contributed by atoms with Crippen LogP contribution in [0.4, 0.5) is 5.82 Å². The lowest BCUT2D eigenvalue weighted by atomic mass is 10.1. The molecule has 1 amide bonds. The Hall–Kier alpha value is -2.89. The van der Waals surface area contributed by atoms with Crippen molar-refractivity contribution in [2.45, 2.75) is 66.0 Å². The van der Waals surface area contributed by atoms with Crippen molar-refractivity contribution in [1.29, 1.82) is 0 Å². The highest BCUT2D eigenvalue weighted by atomic mass is 16.2. The molecule has 2 N–H and O–H groups in total. The van der Waals surface area contributed by atoms with Crippen molar-refractivity contribution in [3.05, 3.63) is 56.1 Å². The predicted molar refractivity (Wildman–Crippen MR) is 118 cm³/mol. The van der Waals surface area contributed by atoms with Crippen LogP contribution >= 0.6 is 0 Å². The van der Waals surface area contributed by atoms with Gasteiger partial charge in [0.25, 0.3) is 11.5 Å². The third-order valence-electron chi connectivity index (χ3n) is 5.78. The first kappa shape index (κ1) is 20.8.